The van der Waals surface area contributed by atoms with Crippen molar-refractivity contribution in [3.8, 4) is 0 Å². The molecule has 0 bridgehead atoms. The minimum Gasteiger partial charge on any atom is -0.364 e. The molecule has 2 heterocycles. The molecule has 2 aromatic rings. The van der Waals surface area contributed by atoms with Gasteiger partial charge in [0.05, 0.1) is 12.2 Å². The molecule has 0 atom stereocenters. The zero-order valence-electron chi connectivity index (χ0n) is 10.3. The lowest BCUT2D eigenvalue weighted by molar-refractivity contribution is 0.899. The van der Waals surface area contributed by atoms with Crippen LogP contribution in [0.5, 0.6) is 0 Å². The summed E-state index contributed by atoms with van der Waals surface area (Å²) in [5.41, 5.74) is 3.43. The first-order valence-corrected chi connectivity index (χ1v) is 6.18. The molecule has 0 unspecified atom stereocenters. The van der Waals surface area contributed by atoms with Crippen LogP contribution < -0.4 is 5.32 Å². The first kappa shape index (κ1) is 11.1. The molecule has 1 aliphatic carbocycles. The third-order valence-electron chi connectivity index (χ3n) is 3.15. The largest absolute Gasteiger partial charge is 0.364 e. The highest BCUT2D eigenvalue weighted by Crippen LogP contribution is 2.25. The summed E-state index contributed by atoms with van der Waals surface area (Å²) < 4.78 is 0. The fraction of sp³-hybridized carbons (Fsp3) is 0.385. The van der Waals surface area contributed by atoms with E-state index in [-0.39, 0.29) is 0 Å². The minimum absolute atomic E-state index is 0.673. The number of aryl methyl sites for hydroxylation is 2. The summed E-state index contributed by atoms with van der Waals surface area (Å²) in [5, 5.41) is 3.35. The highest BCUT2D eigenvalue weighted by Gasteiger charge is 2.16. The molecule has 0 fully saturated rings. The van der Waals surface area contributed by atoms with Crippen LogP contribution in [0.4, 0.5) is 5.82 Å². The third kappa shape index (κ3) is 2.16. The van der Waals surface area contributed by atoms with Crippen LogP contribution in [-0.4, -0.2) is 19.9 Å². The van der Waals surface area contributed by atoms with Crippen LogP contribution in [0.3, 0.4) is 0 Å². The molecule has 5 heteroatoms. The second-order valence-corrected chi connectivity index (χ2v) is 4.45. The van der Waals surface area contributed by atoms with Crippen LogP contribution in [-0.2, 0) is 19.4 Å². The van der Waals surface area contributed by atoms with E-state index in [1.54, 1.807) is 12.5 Å². The first-order valence-electron chi connectivity index (χ1n) is 6.18. The molecular formula is C13H15N5. The summed E-state index contributed by atoms with van der Waals surface area (Å²) in [4.78, 5) is 17.1. The Kier molecular flexibility index (Phi) is 2.88. The molecule has 1 aliphatic rings. The highest BCUT2D eigenvalue weighted by atomic mass is 15.0. The Labute approximate surface area is 106 Å². The number of anilines is 1. The molecule has 0 aliphatic heterocycles. The Bertz CT molecular complexity index is 567. The van der Waals surface area contributed by atoms with Crippen molar-refractivity contribution < 1.29 is 0 Å². The normalized spacial score (nSPS) is 13.4. The standard InChI is InChI=1S/C13H15N5/c1-9-14-6-5-10(18-9)7-15-13-11-3-2-4-12(11)16-8-17-13/h5-6,8H,2-4,7H2,1H3,(H,15,16,17). The first-order chi connectivity index (χ1) is 8.83. The van der Waals surface area contributed by atoms with Gasteiger partial charge in [-0.3, -0.25) is 0 Å². The summed E-state index contributed by atoms with van der Waals surface area (Å²) >= 11 is 0. The van der Waals surface area contributed by atoms with Gasteiger partial charge in [0.15, 0.2) is 0 Å². The van der Waals surface area contributed by atoms with E-state index >= 15 is 0 Å². The number of nitrogens with zero attached hydrogens (tertiary/aromatic N) is 4. The zero-order chi connectivity index (χ0) is 12.4. The van der Waals surface area contributed by atoms with Gasteiger partial charge in [-0.25, -0.2) is 19.9 Å². The second-order valence-electron chi connectivity index (χ2n) is 4.45. The van der Waals surface area contributed by atoms with Crippen LogP contribution in [0.25, 0.3) is 0 Å². The van der Waals surface area contributed by atoms with E-state index in [1.165, 1.54) is 17.7 Å². The topological polar surface area (TPSA) is 63.6 Å². The molecule has 0 saturated heterocycles. The Morgan fingerprint density at radius 2 is 2.17 bits per heavy atom. The van der Waals surface area contributed by atoms with Gasteiger partial charge in [0.1, 0.15) is 18.0 Å². The van der Waals surface area contributed by atoms with Crippen molar-refractivity contribution in [2.45, 2.75) is 32.7 Å². The summed E-state index contributed by atoms with van der Waals surface area (Å²) in [7, 11) is 0. The van der Waals surface area contributed by atoms with E-state index in [1.807, 2.05) is 13.0 Å². The SMILES string of the molecule is Cc1nccc(CNc2ncnc3c2CCC3)n1. The Morgan fingerprint density at radius 1 is 1.22 bits per heavy atom. The Balaban J connectivity index is 1.76. The van der Waals surface area contributed by atoms with Gasteiger partial charge in [-0.15, -0.1) is 0 Å². The van der Waals surface area contributed by atoms with Crippen molar-refractivity contribution >= 4 is 5.82 Å². The van der Waals surface area contributed by atoms with E-state index in [2.05, 4.69) is 25.3 Å². The van der Waals surface area contributed by atoms with E-state index < -0.39 is 0 Å². The average molecular weight is 241 g/mol. The highest BCUT2D eigenvalue weighted by molar-refractivity contribution is 5.48. The van der Waals surface area contributed by atoms with Crippen LogP contribution in [0.1, 0.15) is 29.2 Å². The average Bonchev–Trinajstić information content (AvgIpc) is 2.85. The van der Waals surface area contributed by atoms with E-state index in [0.29, 0.717) is 6.54 Å². The van der Waals surface area contributed by atoms with Crippen LogP contribution >= 0.6 is 0 Å². The van der Waals surface area contributed by atoms with Crippen molar-refractivity contribution in [2.24, 2.45) is 0 Å². The molecule has 18 heavy (non-hydrogen) atoms. The summed E-state index contributed by atoms with van der Waals surface area (Å²) in [6.07, 6.45) is 6.73. The molecule has 0 spiro atoms. The van der Waals surface area contributed by atoms with Crippen molar-refractivity contribution in [2.75, 3.05) is 5.32 Å². The molecule has 0 saturated carbocycles. The summed E-state index contributed by atoms with van der Waals surface area (Å²) in [6.45, 7) is 2.57. The fourth-order valence-corrected chi connectivity index (χ4v) is 2.29. The quantitative estimate of drug-likeness (QED) is 0.885. The number of hydrogen-bond acceptors (Lipinski definition) is 5. The number of fused-ring (bicyclic) bond motifs is 1. The van der Waals surface area contributed by atoms with Crippen molar-refractivity contribution in [3.05, 3.63) is 41.4 Å². The van der Waals surface area contributed by atoms with Crippen LogP contribution in [0.2, 0.25) is 0 Å². The molecule has 92 valence electrons. The summed E-state index contributed by atoms with van der Waals surface area (Å²) in [6, 6.07) is 1.92. The van der Waals surface area contributed by atoms with E-state index in [9.17, 15) is 0 Å². The van der Waals surface area contributed by atoms with Crippen LogP contribution in [0, 0.1) is 6.92 Å². The van der Waals surface area contributed by atoms with Crippen molar-refractivity contribution in [1.29, 1.82) is 0 Å². The predicted octanol–water partition coefficient (Wildman–Crippen LogP) is 1.68. The molecule has 0 aromatic carbocycles. The minimum atomic E-state index is 0.673. The Morgan fingerprint density at radius 3 is 3.06 bits per heavy atom. The number of hydrogen-bond donors (Lipinski definition) is 1. The molecule has 1 N–H and O–H groups in total. The van der Waals surface area contributed by atoms with Crippen molar-refractivity contribution in [3.63, 3.8) is 0 Å². The number of rotatable bonds is 3. The number of nitrogens with one attached hydrogen (secondary N) is 1. The van der Waals surface area contributed by atoms with Crippen LogP contribution in [0.15, 0.2) is 18.6 Å². The molecule has 3 rings (SSSR count). The zero-order valence-corrected chi connectivity index (χ0v) is 10.3. The lowest BCUT2D eigenvalue weighted by Crippen LogP contribution is -2.07. The second kappa shape index (κ2) is 4.68. The maximum absolute atomic E-state index is 4.36. The van der Waals surface area contributed by atoms with Gasteiger partial charge < -0.3 is 5.32 Å². The van der Waals surface area contributed by atoms with Crippen molar-refractivity contribution in [1.82, 2.24) is 19.9 Å². The lowest BCUT2D eigenvalue weighted by Gasteiger charge is -2.09. The van der Waals surface area contributed by atoms with Gasteiger partial charge in [0.2, 0.25) is 0 Å². The lowest BCUT2D eigenvalue weighted by atomic mass is 10.2. The van der Waals surface area contributed by atoms with Gasteiger partial charge in [-0.1, -0.05) is 0 Å². The monoisotopic (exact) mass is 241 g/mol. The molecule has 0 amide bonds. The van der Waals surface area contributed by atoms with Gasteiger partial charge in [0.25, 0.3) is 0 Å². The predicted molar refractivity (Wildman–Crippen MR) is 68.2 cm³/mol. The smallest absolute Gasteiger partial charge is 0.133 e. The molecule has 2 aromatic heterocycles. The third-order valence-corrected chi connectivity index (χ3v) is 3.15. The van der Waals surface area contributed by atoms with Gasteiger partial charge in [-0.2, -0.15) is 0 Å². The maximum Gasteiger partial charge on any atom is 0.133 e. The number of aromatic nitrogens is 4. The molecule has 5 nitrogen and oxygen atoms in total. The van der Waals surface area contributed by atoms with Gasteiger partial charge >= 0.3 is 0 Å². The van der Waals surface area contributed by atoms with E-state index in [0.717, 1.165) is 30.2 Å². The Hall–Kier alpha value is -2.04. The molecule has 0 radical (unpaired) electrons. The molecular weight excluding hydrogens is 226 g/mol. The summed E-state index contributed by atoms with van der Waals surface area (Å²) in [5.74, 6) is 1.75. The fourth-order valence-electron chi connectivity index (χ4n) is 2.29. The van der Waals surface area contributed by atoms with Gasteiger partial charge in [0, 0.05) is 17.5 Å². The maximum atomic E-state index is 4.36. The van der Waals surface area contributed by atoms with E-state index in [4.69, 9.17) is 0 Å². The van der Waals surface area contributed by atoms with Gasteiger partial charge in [-0.05, 0) is 32.3 Å².